The van der Waals surface area contributed by atoms with Gasteiger partial charge in [0.2, 0.25) is 0 Å². The topological polar surface area (TPSA) is 18.5 Å². The number of fused-ring (bicyclic) bond motifs is 1. The number of aryl methyl sites for hydroxylation is 1. The van der Waals surface area contributed by atoms with E-state index >= 15 is 0 Å². The summed E-state index contributed by atoms with van der Waals surface area (Å²) < 4.78 is 49.7. The van der Waals surface area contributed by atoms with Crippen LogP contribution in [0.3, 0.4) is 0 Å². The first kappa shape index (κ1) is 17.5. The molecule has 1 aliphatic heterocycles. The van der Waals surface area contributed by atoms with Crippen molar-refractivity contribution in [3.8, 4) is 17.2 Å². The third kappa shape index (κ3) is 3.92. The smallest absolute Gasteiger partial charge is 0.416 e. The summed E-state index contributed by atoms with van der Waals surface area (Å²) in [7, 11) is 0. The molecule has 27 heavy (non-hydrogen) atoms. The predicted octanol–water partition coefficient (Wildman–Crippen LogP) is 6.56. The van der Waals surface area contributed by atoms with Crippen LogP contribution in [0.2, 0.25) is 0 Å². The fourth-order valence-electron chi connectivity index (χ4n) is 3.18. The zero-order chi connectivity index (χ0) is 18.9. The third-order valence-electron chi connectivity index (χ3n) is 4.57. The summed E-state index contributed by atoms with van der Waals surface area (Å²) in [5, 5.41) is 0. The van der Waals surface area contributed by atoms with Gasteiger partial charge >= 0.3 is 6.18 Å². The van der Waals surface area contributed by atoms with Crippen molar-refractivity contribution in [2.24, 2.45) is 0 Å². The van der Waals surface area contributed by atoms with Gasteiger partial charge in [-0.15, -0.1) is 0 Å². The maximum absolute atomic E-state index is 12.6. The SMILES string of the molecule is FC(F)(F)c1ccc(Oc2ccc3c(c2)CCC(c2ccccc2)O3)cc1. The van der Waals surface area contributed by atoms with Crippen molar-refractivity contribution in [2.75, 3.05) is 0 Å². The van der Waals surface area contributed by atoms with Crippen LogP contribution in [0.15, 0.2) is 72.8 Å². The molecule has 3 aromatic carbocycles. The molecule has 1 heterocycles. The van der Waals surface area contributed by atoms with E-state index in [1.807, 2.05) is 30.3 Å². The summed E-state index contributed by atoms with van der Waals surface area (Å²) in [5.41, 5.74) is 1.49. The zero-order valence-electron chi connectivity index (χ0n) is 14.4. The largest absolute Gasteiger partial charge is 0.485 e. The molecule has 0 saturated heterocycles. The van der Waals surface area contributed by atoms with Crippen molar-refractivity contribution in [1.82, 2.24) is 0 Å². The van der Waals surface area contributed by atoms with E-state index < -0.39 is 11.7 Å². The molecule has 0 fully saturated rings. The highest BCUT2D eigenvalue weighted by atomic mass is 19.4. The highest BCUT2D eigenvalue weighted by Crippen LogP contribution is 2.38. The van der Waals surface area contributed by atoms with Gasteiger partial charge in [0.15, 0.2) is 0 Å². The lowest BCUT2D eigenvalue weighted by Crippen LogP contribution is -2.15. The lowest BCUT2D eigenvalue weighted by Gasteiger charge is -2.26. The number of halogens is 3. The van der Waals surface area contributed by atoms with E-state index in [4.69, 9.17) is 9.47 Å². The van der Waals surface area contributed by atoms with Crippen LogP contribution < -0.4 is 9.47 Å². The number of hydrogen-bond donors (Lipinski definition) is 0. The van der Waals surface area contributed by atoms with Crippen LogP contribution in [-0.2, 0) is 12.6 Å². The number of alkyl halides is 3. The van der Waals surface area contributed by atoms with Crippen molar-refractivity contribution >= 4 is 0 Å². The molecule has 0 bridgehead atoms. The van der Waals surface area contributed by atoms with Crippen molar-refractivity contribution in [2.45, 2.75) is 25.1 Å². The van der Waals surface area contributed by atoms with Gasteiger partial charge < -0.3 is 9.47 Å². The quantitative estimate of drug-likeness (QED) is 0.519. The molecule has 2 nitrogen and oxygen atoms in total. The summed E-state index contributed by atoms with van der Waals surface area (Å²) >= 11 is 0. The van der Waals surface area contributed by atoms with Crippen LogP contribution in [-0.4, -0.2) is 0 Å². The lowest BCUT2D eigenvalue weighted by molar-refractivity contribution is -0.137. The maximum Gasteiger partial charge on any atom is 0.416 e. The van der Waals surface area contributed by atoms with Crippen LogP contribution in [0.5, 0.6) is 17.2 Å². The molecule has 4 rings (SSSR count). The monoisotopic (exact) mass is 370 g/mol. The second-order valence-electron chi connectivity index (χ2n) is 6.45. The van der Waals surface area contributed by atoms with Crippen molar-refractivity contribution in [3.63, 3.8) is 0 Å². The Morgan fingerprint density at radius 3 is 2.26 bits per heavy atom. The third-order valence-corrected chi connectivity index (χ3v) is 4.57. The minimum atomic E-state index is -4.35. The summed E-state index contributed by atoms with van der Waals surface area (Å²) in [4.78, 5) is 0. The van der Waals surface area contributed by atoms with Gasteiger partial charge in [0, 0.05) is 0 Å². The molecule has 0 aromatic heterocycles. The van der Waals surface area contributed by atoms with Crippen molar-refractivity contribution in [3.05, 3.63) is 89.5 Å². The fourth-order valence-corrected chi connectivity index (χ4v) is 3.18. The summed E-state index contributed by atoms with van der Waals surface area (Å²) in [5.74, 6) is 1.76. The maximum atomic E-state index is 12.6. The molecule has 1 unspecified atom stereocenters. The molecule has 5 heteroatoms. The van der Waals surface area contributed by atoms with E-state index in [9.17, 15) is 13.2 Å². The van der Waals surface area contributed by atoms with E-state index in [1.54, 1.807) is 6.07 Å². The minimum absolute atomic E-state index is 0.0281. The molecule has 0 aliphatic carbocycles. The Labute approximate surface area is 155 Å². The minimum Gasteiger partial charge on any atom is -0.485 e. The standard InChI is InChI=1S/C22H17F3O2/c23-22(24,25)17-7-9-18(10-8-17)26-19-11-13-21-16(14-19)6-12-20(27-21)15-4-2-1-3-5-15/h1-5,7-11,13-14,20H,6,12H2. The summed E-state index contributed by atoms with van der Waals surface area (Å²) in [6.07, 6.45) is -2.61. The molecular formula is C22H17F3O2. The number of rotatable bonds is 3. The molecule has 1 atom stereocenters. The summed E-state index contributed by atoms with van der Waals surface area (Å²) in [6.45, 7) is 0. The van der Waals surface area contributed by atoms with Gasteiger partial charge in [0.1, 0.15) is 23.4 Å². The Morgan fingerprint density at radius 1 is 0.852 bits per heavy atom. The Balaban J connectivity index is 1.48. The van der Waals surface area contributed by atoms with Gasteiger partial charge in [-0.05, 0) is 66.4 Å². The normalized spacial score (nSPS) is 16.3. The molecule has 0 radical (unpaired) electrons. The first-order valence-corrected chi connectivity index (χ1v) is 8.69. The second-order valence-corrected chi connectivity index (χ2v) is 6.45. The van der Waals surface area contributed by atoms with E-state index in [2.05, 4.69) is 12.1 Å². The number of hydrogen-bond acceptors (Lipinski definition) is 2. The zero-order valence-corrected chi connectivity index (χ0v) is 14.4. The highest BCUT2D eigenvalue weighted by Gasteiger charge is 2.30. The molecule has 0 amide bonds. The second kappa shape index (κ2) is 6.99. The molecule has 0 saturated carbocycles. The van der Waals surface area contributed by atoms with Gasteiger partial charge in [-0.2, -0.15) is 13.2 Å². The highest BCUT2D eigenvalue weighted by molar-refractivity contribution is 5.44. The van der Waals surface area contributed by atoms with Gasteiger partial charge in [-0.1, -0.05) is 30.3 Å². The van der Waals surface area contributed by atoms with Crippen LogP contribution in [0, 0.1) is 0 Å². The fraction of sp³-hybridized carbons (Fsp3) is 0.182. The number of benzene rings is 3. The number of ether oxygens (including phenoxy) is 2. The van der Waals surface area contributed by atoms with E-state index in [1.165, 1.54) is 12.1 Å². The molecule has 138 valence electrons. The van der Waals surface area contributed by atoms with E-state index in [0.29, 0.717) is 11.5 Å². The van der Waals surface area contributed by atoms with Crippen LogP contribution in [0.1, 0.15) is 29.2 Å². The molecule has 1 aliphatic rings. The van der Waals surface area contributed by atoms with Crippen molar-refractivity contribution in [1.29, 1.82) is 0 Å². The van der Waals surface area contributed by atoms with Crippen LogP contribution in [0.4, 0.5) is 13.2 Å². The van der Waals surface area contributed by atoms with Gasteiger partial charge in [-0.25, -0.2) is 0 Å². The first-order valence-electron chi connectivity index (χ1n) is 8.69. The predicted molar refractivity (Wildman–Crippen MR) is 96.1 cm³/mol. The Kier molecular flexibility index (Phi) is 4.52. The van der Waals surface area contributed by atoms with Crippen molar-refractivity contribution < 1.29 is 22.6 Å². The van der Waals surface area contributed by atoms with Gasteiger partial charge in [0.05, 0.1) is 5.56 Å². The lowest BCUT2D eigenvalue weighted by atomic mass is 9.97. The van der Waals surface area contributed by atoms with Crippen LogP contribution in [0.25, 0.3) is 0 Å². The Morgan fingerprint density at radius 2 is 1.56 bits per heavy atom. The van der Waals surface area contributed by atoms with E-state index in [0.717, 1.165) is 41.9 Å². The summed E-state index contributed by atoms with van der Waals surface area (Å²) in [6, 6.07) is 20.3. The van der Waals surface area contributed by atoms with Gasteiger partial charge in [0.25, 0.3) is 0 Å². The molecule has 0 spiro atoms. The Bertz CT molecular complexity index is 919. The average molecular weight is 370 g/mol. The Hall–Kier alpha value is -2.95. The molecule has 3 aromatic rings. The van der Waals surface area contributed by atoms with E-state index in [-0.39, 0.29) is 6.10 Å². The molecular weight excluding hydrogens is 353 g/mol. The van der Waals surface area contributed by atoms with Crippen LogP contribution >= 0.6 is 0 Å². The average Bonchev–Trinajstić information content (AvgIpc) is 2.68. The molecule has 0 N–H and O–H groups in total. The first-order chi connectivity index (χ1) is 13.0. The van der Waals surface area contributed by atoms with Gasteiger partial charge in [-0.3, -0.25) is 0 Å².